The number of rotatable bonds is 5. The number of carboxylic acid groups (broad SMARTS) is 1. The average molecular weight is 481 g/mol. The van der Waals surface area contributed by atoms with Crippen molar-refractivity contribution in [3.8, 4) is 0 Å². The topological polar surface area (TPSA) is 57.6 Å². The highest BCUT2D eigenvalue weighted by atomic mass is 35.5. The van der Waals surface area contributed by atoms with Gasteiger partial charge in [0.2, 0.25) is 5.91 Å². The maximum atomic E-state index is 12.8. The number of hydrogen-bond acceptors (Lipinski definition) is 2. The molecular formula is C24H24Cl3NO3. The molecule has 1 aliphatic heterocycles. The van der Waals surface area contributed by atoms with E-state index in [9.17, 15) is 14.7 Å². The van der Waals surface area contributed by atoms with Crippen LogP contribution in [0.3, 0.4) is 0 Å². The van der Waals surface area contributed by atoms with E-state index in [1.165, 1.54) is 0 Å². The van der Waals surface area contributed by atoms with Gasteiger partial charge in [0.05, 0.1) is 6.42 Å². The zero-order valence-electron chi connectivity index (χ0n) is 17.0. The Kier molecular flexibility index (Phi) is 6.52. The summed E-state index contributed by atoms with van der Waals surface area (Å²) >= 11 is 18.8. The average Bonchev–Trinajstić information content (AvgIpc) is 3.01. The molecule has 1 N–H and O–H groups in total. The van der Waals surface area contributed by atoms with Gasteiger partial charge in [0, 0.05) is 40.0 Å². The van der Waals surface area contributed by atoms with Gasteiger partial charge in [-0.2, -0.15) is 0 Å². The molecule has 1 heterocycles. The number of nitrogens with zero attached hydrogens (tertiary/aromatic N) is 1. The number of carbonyl (C=O) groups excluding carboxylic acids is 1. The van der Waals surface area contributed by atoms with Gasteiger partial charge < -0.3 is 10.0 Å². The van der Waals surface area contributed by atoms with Crippen molar-refractivity contribution >= 4 is 46.7 Å². The van der Waals surface area contributed by atoms with E-state index in [-0.39, 0.29) is 23.7 Å². The van der Waals surface area contributed by atoms with E-state index in [1.807, 2.05) is 29.2 Å². The lowest BCUT2D eigenvalue weighted by Gasteiger charge is -2.41. The van der Waals surface area contributed by atoms with Crippen LogP contribution in [0.2, 0.25) is 15.1 Å². The molecule has 0 radical (unpaired) electrons. The Balaban J connectivity index is 1.43. The summed E-state index contributed by atoms with van der Waals surface area (Å²) in [4.78, 5) is 26.1. The fraction of sp³-hybridized carbons (Fsp3) is 0.417. The number of benzene rings is 2. The number of piperidine rings is 1. The highest BCUT2D eigenvalue weighted by molar-refractivity contribution is 6.35. The SMILES string of the molecule is O=C(O)CC1CC2(CCN(C(=O)CCc3ccc(Cl)cc3Cl)CC2)c2c(Cl)cccc21. The molecule has 1 amide bonds. The van der Waals surface area contributed by atoms with Gasteiger partial charge in [-0.1, -0.05) is 53.0 Å². The number of hydrogen-bond donors (Lipinski definition) is 1. The summed E-state index contributed by atoms with van der Waals surface area (Å²) in [5.41, 5.74) is 2.93. The lowest BCUT2D eigenvalue weighted by molar-refractivity contribution is -0.137. The van der Waals surface area contributed by atoms with Crippen LogP contribution in [0.5, 0.6) is 0 Å². The standard InChI is InChI=1S/C24H24Cl3NO3/c25-17-6-4-15(20(27)13-17)5-7-21(29)28-10-8-24(9-11-28)14-16(12-22(30)31)18-2-1-3-19(26)23(18)24/h1-4,6,13,16H,5,7-12,14H2,(H,30,31). The summed E-state index contributed by atoms with van der Waals surface area (Å²) in [5.74, 6) is -0.706. The van der Waals surface area contributed by atoms with Crippen LogP contribution in [0.15, 0.2) is 36.4 Å². The van der Waals surface area contributed by atoms with Crippen molar-refractivity contribution in [2.45, 2.75) is 49.9 Å². The Morgan fingerprint density at radius 1 is 1.06 bits per heavy atom. The molecule has 7 heteroatoms. The van der Waals surface area contributed by atoms with Crippen molar-refractivity contribution in [1.82, 2.24) is 4.90 Å². The molecule has 1 saturated heterocycles. The monoisotopic (exact) mass is 479 g/mol. The Labute approximate surface area is 197 Å². The minimum Gasteiger partial charge on any atom is -0.481 e. The number of amides is 1. The minimum absolute atomic E-state index is 0.0273. The molecule has 0 bridgehead atoms. The van der Waals surface area contributed by atoms with Crippen molar-refractivity contribution in [3.63, 3.8) is 0 Å². The van der Waals surface area contributed by atoms with Crippen LogP contribution >= 0.6 is 34.8 Å². The van der Waals surface area contributed by atoms with Crippen LogP contribution in [-0.4, -0.2) is 35.0 Å². The van der Waals surface area contributed by atoms with Crippen molar-refractivity contribution in [2.24, 2.45) is 0 Å². The zero-order chi connectivity index (χ0) is 22.2. The van der Waals surface area contributed by atoms with Crippen LogP contribution < -0.4 is 0 Å². The van der Waals surface area contributed by atoms with Crippen molar-refractivity contribution in [1.29, 1.82) is 0 Å². The third kappa shape index (κ3) is 4.57. The Bertz CT molecular complexity index is 1020. The number of aliphatic carboxylic acids is 1. The molecule has 0 aromatic heterocycles. The second-order valence-electron chi connectivity index (χ2n) is 8.60. The first-order chi connectivity index (χ1) is 14.8. The van der Waals surface area contributed by atoms with Gasteiger partial charge in [-0.05, 0) is 66.5 Å². The molecule has 164 valence electrons. The maximum absolute atomic E-state index is 12.8. The predicted octanol–water partition coefficient (Wildman–Crippen LogP) is 6.10. The largest absolute Gasteiger partial charge is 0.481 e. The van der Waals surface area contributed by atoms with Crippen molar-refractivity contribution in [2.75, 3.05) is 13.1 Å². The fourth-order valence-corrected chi connectivity index (χ4v) is 6.16. The summed E-state index contributed by atoms with van der Waals surface area (Å²) in [6, 6.07) is 11.1. The van der Waals surface area contributed by atoms with Gasteiger partial charge in [0.15, 0.2) is 0 Å². The molecule has 2 aromatic carbocycles. The van der Waals surface area contributed by atoms with Gasteiger partial charge in [-0.25, -0.2) is 0 Å². The first-order valence-corrected chi connectivity index (χ1v) is 11.6. The molecule has 2 aromatic rings. The number of aryl methyl sites for hydroxylation is 1. The van der Waals surface area contributed by atoms with Crippen molar-refractivity contribution < 1.29 is 14.7 Å². The summed E-state index contributed by atoms with van der Waals surface area (Å²) in [6.45, 7) is 1.30. The van der Waals surface area contributed by atoms with E-state index in [0.717, 1.165) is 36.0 Å². The van der Waals surface area contributed by atoms with Crippen LogP contribution in [0.1, 0.15) is 54.7 Å². The Morgan fingerprint density at radius 3 is 2.48 bits per heavy atom. The highest BCUT2D eigenvalue weighted by Gasteiger charge is 2.47. The van der Waals surface area contributed by atoms with Gasteiger partial charge in [-0.15, -0.1) is 0 Å². The summed E-state index contributed by atoms with van der Waals surface area (Å²) in [6.07, 6.45) is 3.46. The van der Waals surface area contributed by atoms with Crippen LogP contribution in [-0.2, 0) is 21.4 Å². The molecule has 4 rings (SSSR count). The smallest absolute Gasteiger partial charge is 0.303 e. The van der Waals surface area contributed by atoms with Gasteiger partial charge >= 0.3 is 5.97 Å². The third-order valence-electron chi connectivity index (χ3n) is 6.77. The minimum atomic E-state index is -0.790. The summed E-state index contributed by atoms with van der Waals surface area (Å²) in [7, 11) is 0. The molecule has 2 aliphatic rings. The Morgan fingerprint density at radius 2 is 1.81 bits per heavy atom. The van der Waals surface area contributed by atoms with Crippen LogP contribution in [0, 0.1) is 0 Å². The molecule has 1 unspecified atom stereocenters. The molecule has 1 spiro atoms. The predicted molar refractivity (Wildman–Crippen MR) is 123 cm³/mol. The Hall–Kier alpha value is -1.75. The van der Waals surface area contributed by atoms with Crippen LogP contribution in [0.4, 0.5) is 0 Å². The first-order valence-electron chi connectivity index (χ1n) is 10.5. The molecule has 1 fully saturated rings. The lowest BCUT2D eigenvalue weighted by Crippen LogP contribution is -2.44. The summed E-state index contributed by atoms with van der Waals surface area (Å²) in [5, 5.41) is 11.2. The number of fused-ring (bicyclic) bond motifs is 2. The molecular weight excluding hydrogens is 457 g/mol. The summed E-state index contributed by atoms with van der Waals surface area (Å²) < 4.78 is 0. The van der Waals surface area contributed by atoms with Gasteiger partial charge in [-0.3, -0.25) is 9.59 Å². The third-order valence-corrected chi connectivity index (χ3v) is 7.67. The van der Waals surface area contributed by atoms with E-state index in [1.54, 1.807) is 12.1 Å². The number of carboxylic acids is 1. The molecule has 1 atom stereocenters. The molecule has 0 saturated carbocycles. The number of halogens is 3. The quantitative estimate of drug-likeness (QED) is 0.562. The second kappa shape index (κ2) is 9.01. The van der Waals surface area contributed by atoms with E-state index >= 15 is 0 Å². The van der Waals surface area contributed by atoms with Crippen molar-refractivity contribution in [3.05, 3.63) is 68.2 Å². The normalized spacial score (nSPS) is 19.5. The molecule has 4 nitrogen and oxygen atoms in total. The molecule has 1 aliphatic carbocycles. The van der Waals surface area contributed by atoms with Gasteiger partial charge in [0.25, 0.3) is 0 Å². The maximum Gasteiger partial charge on any atom is 0.303 e. The highest BCUT2D eigenvalue weighted by Crippen LogP contribution is 2.55. The second-order valence-corrected chi connectivity index (χ2v) is 9.85. The molecule has 31 heavy (non-hydrogen) atoms. The number of carbonyl (C=O) groups is 2. The van der Waals surface area contributed by atoms with E-state index in [0.29, 0.717) is 41.0 Å². The van der Waals surface area contributed by atoms with Gasteiger partial charge in [0.1, 0.15) is 0 Å². The van der Waals surface area contributed by atoms with E-state index < -0.39 is 5.97 Å². The fourth-order valence-electron chi connectivity index (χ4n) is 5.28. The van der Waals surface area contributed by atoms with E-state index in [4.69, 9.17) is 34.8 Å². The lowest BCUT2D eigenvalue weighted by atomic mass is 9.73. The zero-order valence-corrected chi connectivity index (χ0v) is 19.3. The van der Waals surface area contributed by atoms with E-state index in [2.05, 4.69) is 0 Å². The number of likely N-dealkylation sites (tertiary alicyclic amines) is 1. The first kappa shape index (κ1) is 22.4. The van der Waals surface area contributed by atoms with Crippen LogP contribution in [0.25, 0.3) is 0 Å².